The summed E-state index contributed by atoms with van der Waals surface area (Å²) < 4.78 is 0. The number of piperidine rings is 1. The first-order chi connectivity index (χ1) is 11.5. The van der Waals surface area contributed by atoms with Crippen LogP contribution in [0, 0.1) is 13.8 Å². The molecule has 3 rings (SSSR count). The molecule has 2 fully saturated rings. The number of rotatable bonds is 3. The molecule has 0 bridgehead atoms. The fourth-order valence-electron chi connectivity index (χ4n) is 4.09. The number of carbonyl (C=O) groups is 2. The van der Waals surface area contributed by atoms with E-state index in [1.165, 1.54) is 0 Å². The van der Waals surface area contributed by atoms with Gasteiger partial charge in [0.2, 0.25) is 5.91 Å². The molecule has 2 heterocycles. The third kappa shape index (κ3) is 3.18. The van der Waals surface area contributed by atoms with Crippen molar-refractivity contribution in [3.05, 3.63) is 34.9 Å². The minimum absolute atomic E-state index is 0.115. The van der Waals surface area contributed by atoms with Gasteiger partial charge in [-0.1, -0.05) is 12.1 Å². The van der Waals surface area contributed by atoms with Crippen LogP contribution in [0.2, 0.25) is 0 Å². The molecule has 24 heavy (non-hydrogen) atoms. The van der Waals surface area contributed by atoms with Crippen LogP contribution in [0.15, 0.2) is 18.2 Å². The summed E-state index contributed by atoms with van der Waals surface area (Å²) in [6.45, 7) is 6.49. The van der Waals surface area contributed by atoms with Gasteiger partial charge in [0.25, 0.3) is 5.91 Å². The normalized spacial score (nSPS) is 22.8. The summed E-state index contributed by atoms with van der Waals surface area (Å²) in [6.07, 6.45) is 3.74. The maximum absolute atomic E-state index is 12.8. The highest BCUT2D eigenvalue weighted by molar-refractivity contribution is 5.96. The predicted octanol–water partition coefficient (Wildman–Crippen LogP) is 1.86. The van der Waals surface area contributed by atoms with Gasteiger partial charge in [0.15, 0.2) is 0 Å². The van der Waals surface area contributed by atoms with Crippen molar-refractivity contribution < 1.29 is 9.59 Å². The van der Waals surface area contributed by atoms with Crippen LogP contribution in [-0.4, -0.2) is 53.3 Å². The lowest BCUT2D eigenvalue weighted by Crippen LogP contribution is -2.51. The first-order valence-electron chi connectivity index (χ1n) is 8.89. The van der Waals surface area contributed by atoms with Gasteiger partial charge in [-0.3, -0.25) is 14.5 Å². The molecule has 1 aromatic carbocycles. The highest BCUT2D eigenvalue weighted by atomic mass is 16.2. The largest absolute Gasteiger partial charge is 0.368 e. The third-order valence-corrected chi connectivity index (χ3v) is 5.68. The monoisotopic (exact) mass is 329 g/mol. The minimum atomic E-state index is -0.207. The fourth-order valence-corrected chi connectivity index (χ4v) is 4.09. The molecule has 1 aromatic rings. The van der Waals surface area contributed by atoms with Gasteiger partial charge in [0, 0.05) is 24.7 Å². The Hall–Kier alpha value is -1.88. The number of amides is 2. The number of aryl methyl sites for hydroxylation is 1. The lowest BCUT2D eigenvalue weighted by Gasteiger charge is -2.38. The molecule has 1 atom stereocenters. The number of hydrogen-bond donors (Lipinski definition) is 1. The van der Waals surface area contributed by atoms with Gasteiger partial charge in [-0.05, 0) is 63.3 Å². The van der Waals surface area contributed by atoms with Crippen LogP contribution in [0.5, 0.6) is 0 Å². The zero-order chi connectivity index (χ0) is 17.3. The first kappa shape index (κ1) is 17.0. The Labute approximate surface area is 143 Å². The molecule has 5 heteroatoms. The molecule has 0 radical (unpaired) electrons. The maximum Gasteiger partial charge on any atom is 0.254 e. The second-order valence-electron chi connectivity index (χ2n) is 7.07. The molecule has 1 unspecified atom stereocenters. The Morgan fingerprint density at radius 2 is 1.79 bits per heavy atom. The number of nitrogens with two attached hydrogens (primary N) is 1. The van der Waals surface area contributed by atoms with Gasteiger partial charge in [-0.2, -0.15) is 0 Å². The molecule has 2 N–H and O–H groups in total. The number of hydrogen-bond acceptors (Lipinski definition) is 3. The van der Waals surface area contributed by atoms with Crippen LogP contribution in [0.25, 0.3) is 0 Å². The molecule has 0 saturated carbocycles. The molecule has 5 nitrogen and oxygen atoms in total. The van der Waals surface area contributed by atoms with E-state index in [4.69, 9.17) is 5.73 Å². The molecule has 0 aliphatic carbocycles. The van der Waals surface area contributed by atoms with E-state index in [0.29, 0.717) is 6.04 Å². The molecule has 0 spiro atoms. The van der Waals surface area contributed by atoms with E-state index in [1.54, 1.807) is 0 Å². The number of primary amides is 1. The molecule has 2 amide bonds. The van der Waals surface area contributed by atoms with Crippen molar-refractivity contribution in [1.29, 1.82) is 0 Å². The summed E-state index contributed by atoms with van der Waals surface area (Å²) >= 11 is 0. The van der Waals surface area contributed by atoms with E-state index >= 15 is 0 Å². The average molecular weight is 329 g/mol. The highest BCUT2D eigenvalue weighted by Gasteiger charge is 2.36. The standard InChI is InChI=1S/C19H27N3O2/c1-13-5-3-6-16(14(13)2)19(24)21-11-8-15(9-12-21)22-10-4-7-17(22)18(20)23/h3,5-6,15,17H,4,7-12H2,1-2H3,(H2,20,23). The van der Waals surface area contributed by atoms with E-state index in [-0.39, 0.29) is 17.9 Å². The molecular weight excluding hydrogens is 302 g/mol. The van der Waals surface area contributed by atoms with Gasteiger partial charge >= 0.3 is 0 Å². The Kier molecular flexibility index (Phi) is 4.90. The Bertz CT molecular complexity index is 635. The van der Waals surface area contributed by atoms with Crippen LogP contribution in [0.3, 0.4) is 0 Å². The fraction of sp³-hybridized carbons (Fsp3) is 0.579. The van der Waals surface area contributed by atoms with E-state index in [9.17, 15) is 9.59 Å². The van der Waals surface area contributed by atoms with E-state index in [0.717, 1.165) is 62.0 Å². The Morgan fingerprint density at radius 3 is 2.46 bits per heavy atom. The Morgan fingerprint density at radius 1 is 1.08 bits per heavy atom. The van der Waals surface area contributed by atoms with Crippen molar-refractivity contribution in [3.8, 4) is 0 Å². The van der Waals surface area contributed by atoms with Crippen molar-refractivity contribution in [1.82, 2.24) is 9.80 Å². The zero-order valence-corrected chi connectivity index (χ0v) is 14.6. The molecule has 2 aliphatic heterocycles. The third-order valence-electron chi connectivity index (χ3n) is 5.68. The van der Waals surface area contributed by atoms with Crippen molar-refractivity contribution >= 4 is 11.8 Å². The second-order valence-corrected chi connectivity index (χ2v) is 7.07. The number of benzene rings is 1. The second kappa shape index (κ2) is 6.93. The lowest BCUT2D eigenvalue weighted by molar-refractivity contribution is -0.123. The van der Waals surface area contributed by atoms with Crippen LogP contribution >= 0.6 is 0 Å². The van der Waals surface area contributed by atoms with Crippen LogP contribution in [0.1, 0.15) is 47.2 Å². The lowest BCUT2D eigenvalue weighted by atomic mass is 9.98. The molecule has 130 valence electrons. The van der Waals surface area contributed by atoms with E-state index in [2.05, 4.69) is 4.90 Å². The van der Waals surface area contributed by atoms with E-state index < -0.39 is 0 Å². The topological polar surface area (TPSA) is 66.6 Å². The van der Waals surface area contributed by atoms with Gasteiger partial charge in [0.1, 0.15) is 0 Å². The van der Waals surface area contributed by atoms with Gasteiger partial charge in [-0.15, -0.1) is 0 Å². The van der Waals surface area contributed by atoms with Gasteiger partial charge in [0.05, 0.1) is 6.04 Å². The summed E-state index contributed by atoms with van der Waals surface area (Å²) in [5.74, 6) is -0.0797. The van der Waals surface area contributed by atoms with Crippen LogP contribution in [0.4, 0.5) is 0 Å². The van der Waals surface area contributed by atoms with Crippen LogP contribution < -0.4 is 5.73 Å². The SMILES string of the molecule is Cc1cccc(C(=O)N2CCC(N3CCCC3C(N)=O)CC2)c1C. The predicted molar refractivity (Wildman–Crippen MR) is 93.8 cm³/mol. The first-order valence-corrected chi connectivity index (χ1v) is 8.89. The van der Waals surface area contributed by atoms with Crippen molar-refractivity contribution in [2.24, 2.45) is 5.73 Å². The smallest absolute Gasteiger partial charge is 0.254 e. The van der Waals surface area contributed by atoms with Crippen molar-refractivity contribution in [2.45, 2.75) is 51.6 Å². The van der Waals surface area contributed by atoms with Crippen LogP contribution in [-0.2, 0) is 4.79 Å². The van der Waals surface area contributed by atoms with Crippen molar-refractivity contribution in [2.75, 3.05) is 19.6 Å². The Balaban J connectivity index is 1.64. The number of carbonyl (C=O) groups excluding carboxylic acids is 2. The number of likely N-dealkylation sites (tertiary alicyclic amines) is 2. The van der Waals surface area contributed by atoms with Gasteiger partial charge in [-0.25, -0.2) is 0 Å². The molecule has 2 aliphatic rings. The van der Waals surface area contributed by atoms with Gasteiger partial charge < -0.3 is 10.6 Å². The molecule has 2 saturated heterocycles. The minimum Gasteiger partial charge on any atom is -0.368 e. The van der Waals surface area contributed by atoms with E-state index in [1.807, 2.05) is 36.9 Å². The van der Waals surface area contributed by atoms with Crippen molar-refractivity contribution in [3.63, 3.8) is 0 Å². The quantitative estimate of drug-likeness (QED) is 0.920. The zero-order valence-electron chi connectivity index (χ0n) is 14.6. The maximum atomic E-state index is 12.8. The summed E-state index contributed by atoms with van der Waals surface area (Å²) in [7, 11) is 0. The highest BCUT2D eigenvalue weighted by Crippen LogP contribution is 2.27. The summed E-state index contributed by atoms with van der Waals surface area (Å²) in [6, 6.07) is 6.16. The average Bonchev–Trinajstić information content (AvgIpc) is 3.07. The molecule has 0 aromatic heterocycles. The summed E-state index contributed by atoms with van der Waals surface area (Å²) in [4.78, 5) is 28.6. The number of nitrogens with zero attached hydrogens (tertiary/aromatic N) is 2. The summed E-state index contributed by atoms with van der Waals surface area (Å²) in [5, 5.41) is 0. The molecular formula is C19H27N3O2. The summed E-state index contributed by atoms with van der Waals surface area (Å²) in [5.41, 5.74) is 8.56.